The van der Waals surface area contributed by atoms with Crippen molar-refractivity contribution in [3.8, 4) is 0 Å². The van der Waals surface area contributed by atoms with Gasteiger partial charge in [-0.25, -0.2) is 13.6 Å². The number of nitrogens with zero attached hydrogens (tertiary/aromatic N) is 3. The summed E-state index contributed by atoms with van der Waals surface area (Å²) < 4.78 is 27.5. The van der Waals surface area contributed by atoms with Crippen LogP contribution in [-0.4, -0.2) is 79.4 Å². The summed E-state index contributed by atoms with van der Waals surface area (Å²) in [7, 11) is 3.33. The van der Waals surface area contributed by atoms with Crippen LogP contribution in [0.4, 0.5) is 25.0 Å². The number of carbonyl (C=O) groups is 3. The van der Waals surface area contributed by atoms with Gasteiger partial charge in [0.2, 0.25) is 11.8 Å². The molecule has 0 aliphatic carbocycles. The van der Waals surface area contributed by atoms with Gasteiger partial charge in [-0.3, -0.25) is 9.59 Å². The molecule has 0 radical (unpaired) electrons. The maximum Gasteiger partial charge on any atom is 0.319 e. The van der Waals surface area contributed by atoms with Crippen LogP contribution in [0.1, 0.15) is 6.92 Å². The van der Waals surface area contributed by atoms with E-state index in [1.54, 1.807) is 23.9 Å². The molecule has 0 aromatic heterocycles. The van der Waals surface area contributed by atoms with Crippen LogP contribution in [0, 0.1) is 11.6 Å². The maximum atomic E-state index is 13.9. The molecule has 1 heterocycles. The van der Waals surface area contributed by atoms with Gasteiger partial charge in [-0.1, -0.05) is 0 Å². The summed E-state index contributed by atoms with van der Waals surface area (Å²) in [6, 6.07) is 1.63. The monoisotopic (exact) mass is 383 g/mol. The number of rotatable bonds is 4. The standard InChI is InChI=1S/C17H23F2N5O3/c1-11(25)21-15-9-14(12(18)8-13(15)19)20-10-16(26)23-4-6-24(7-5-23)17(27)22(2)3/h8-9,20H,4-7,10H2,1-3H3,(H,21,25). The second-order valence-electron chi connectivity index (χ2n) is 6.39. The quantitative estimate of drug-likeness (QED) is 0.817. The molecule has 1 aromatic rings. The topological polar surface area (TPSA) is 85.0 Å². The van der Waals surface area contributed by atoms with Crippen LogP contribution in [0.3, 0.4) is 0 Å². The molecule has 0 unspecified atom stereocenters. The number of hydrogen-bond donors (Lipinski definition) is 2. The van der Waals surface area contributed by atoms with Crippen LogP contribution in [0.15, 0.2) is 12.1 Å². The van der Waals surface area contributed by atoms with Crippen molar-refractivity contribution in [2.75, 3.05) is 57.5 Å². The van der Waals surface area contributed by atoms with Crippen LogP contribution < -0.4 is 10.6 Å². The van der Waals surface area contributed by atoms with Gasteiger partial charge in [0.1, 0.15) is 11.6 Å². The molecule has 0 spiro atoms. The number of carbonyl (C=O) groups excluding carboxylic acids is 3. The minimum Gasteiger partial charge on any atom is -0.374 e. The highest BCUT2D eigenvalue weighted by Gasteiger charge is 2.25. The van der Waals surface area contributed by atoms with Crippen LogP contribution in [0.2, 0.25) is 0 Å². The molecule has 0 bridgehead atoms. The fourth-order valence-corrected chi connectivity index (χ4v) is 2.68. The van der Waals surface area contributed by atoms with Crippen LogP contribution >= 0.6 is 0 Å². The molecular formula is C17H23F2N5O3. The van der Waals surface area contributed by atoms with Crippen molar-refractivity contribution in [2.45, 2.75) is 6.92 Å². The molecule has 27 heavy (non-hydrogen) atoms. The highest BCUT2D eigenvalue weighted by atomic mass is 19.1. The summed E-state index contributed by atoms with van der Waals surface area (Å²) in [5.74, 6) is -2.53. The minimum absolute atomic E-state index is 0.0880. The van der Waals surface area contributed by atoms with E-state index in [-0.39, 0.29) is 29.9 Å². The van der Waals surface area contributed by atoms with Crippen LogP contribution in [0.25, 0.3) is 0 Å². The molecule has 148 valence electrons. The van der Waals surface area contributed by atoms with E-state index >= 15 is 0 Å². The van der Waals surface area contributed by atoms with Gasteiger partial charge < -0.3 is 25.3 Å². The summed E-state index contributed by atoms with van der Waals surface area (Å²) in [5.41, 5.74) is -0.260. The minimum atomic E-state index is -0.902. The normalized spacial score (nSPS) is 14.0. The van der Waals surface area contributed by atoms with E-state index in [1.807, 2.05) is 0 Å². The molecule has 1 aliphatic rings. The Morgan fingerprint density at radius 1 is 1.00 bits per heavy atom. The second kappa shape index (κ2) is 8.65. The van der Waals surface area contributed by atoms with E-state index in [1.165, 1.54) is 11.8 Å². The van der Waals surface area contributed by atoms with Crippen molar-refractivity contribution in [1.82, 2.24) is 14.7 Å². The van der Waals surface area contributed by atoms with Gasteiger partial charge in [0.15, 0.2) is 0 Å². The molecule has 2 rings (SSSR count). The fraction of sp³-hybridized carbons (Fsp3) is 0.471. The SMILES string of the molecule is CC(=O)Nc1cc(NCC(=O)N2CCN(C(=O)N(C)C)CC2)c(F)cc1F. The lowest BCUT2D eigenvalue weighted by molar-refractivity contribution is -0.130. The third-order valence-corrected chi connectivity index (χ3v) is 4.08. The largest absolute Gasteiger partial charge is 0.374 e. The molecule has 0 saturated carbocycles. The van der Waals surface area contributed by atoms with E-state index in [4.69, 9.17) is 0 Å². The lowest BCUT2D eigenvalue weighted by Gasteiger charge is -2.36. The Bertz CT molecular complexity index is 734. The third-order valence-electron chi connectivity index (χ3n) is 4.08. The lowest BCUT2D eigenvalue weighted by Crippen LogP contribution is -2.53. The van der Waals surface area contributed by atoms with Crippen molar-refractivity contribution in [3.63, 3.8) is 0 Å². The van der Waals surface area contributed by atoms with Gasteiger partial charge in [-0.05, 0) is 6.07 Å². The van der Waals surface area contributed by atoms with Gasteiger partial charge in [-0.2, -0.15) is 0 Å². The molecule has 1 fully saturated rings. The fourth-order valence-electron chi connectivity index (χ4n) is 2.68. The van der Waals surface area contributed by atoms with Crippen molar-refractivity contribution >= 4 is 29.2 Å². The molecule has 2 N–H and O–H groups in total. The van der Waals surface area contributed by atoms with Crippen LogP contribution in [-0.2, 0) is 9.59 Å². The zero-order chi connectivity index (χ0) is 20.1. The number of anilines is 2. The molecule has 0 atom stereocenters. The third kappa shape index (κ3) is 5.28. The summed E-state index contributed by atoms with van der Waals surface area (Å²) in [6.45, 7) is 2.61. The van der Waals surface area contributed by atoms with Gasteiger partial charge >= 0.3 is 6.03 Å². The van der Waals surface area contributed by atoms with Gasteiger partial charge in [0, 0.05) is 53.3 Å². The zero-order valence-electron chi connectivity index (χ0n) is 15.5. The first-order valence-corrected chi connectivity index (χ1v) is 8.43. The first-order valence-electron chi connectivity index (χ1n) is 8.43. The van der Waals surface area contributed by atoms with Crippen molar-refractivity contribution < 1.29 is 23.2 Å². The van der Waals surface area contributed by atoms with E-state index in [0.717, 1.165) is 6.07 Å². The van der Waals surface area contributed by atoms with Crippen molar-refractivity contribution in [2.24, 2.45) is 0 Å². The molecule has 10 heteroatoms. The number of halogens is 2. The first kappa shape index (κ1) is 20.4. The molecule has 1 saturated heterocycles. The van der Waals surface area contributed by atoms with Gasteiger partial charge in [-0.15, -0.1) is 0 Å². The van der Waals surface area contributed by atoms with E-state index < -0.39 is 17.5 Å². The smallest absolute Gasteiger partial charge is 0.319 e. The zero-order valence-corrected chi connectivity index (χ0v) is 15.5. The number of nitrogens with one attached hydrogen (secondary N) is 2. The molecule has 8 nitrogen and oxygen atoms in total. The van der Waals surface area contributed by atoms with Gasteiger partial charge in [0.25, 0.3) is 0 Å². The Labute approximate surface area is 156 Å². The van der Waals surface area contributed by atoms with E-state index in [0.29, 0.717) is 32.2 Å². The number of benzene rings is 1. The van der Waals surface area contributed by atoms with Crippen molar-refractivity contribution in [1.29, 1.82) is 0 Å². The second-order valence-corrected chi connectivity index (χ2v) is 6.39. The molecule has 1 aliphatic heterocycles. The number of piperazine rings is 1. The Balaban J connectivity index is 1.92. The number of hydrogen-bond acceptors (Lipinski definition) is 4. The lowest BCUT2D eigenvalue weighted by atomic mass is 10.2. The van der Waals surface area contributed by atoms with Crippen molar-refractivity contribution in [3.05, 3.63) is 23.8 Å². The van der Waals surface area contributed by atoms with E-state index in [9.17, 15) is 23.2 Å². The first-order chi connectivity index (χ1) is 12.7. The summed E-state index contributed by atoms with van der Waals surface area (Å²) in [6.07, 6.45) is 0. The Kier molecular flexibility index (Phi) is 6.54. The number of amides is 4. The molecular weight excluding hydrogens is 360 g/mol. The van der Waals surface area contributed by atoms with E-state index in [2.05, 4.69) is 10.6 Å². The predicted octanol–water partition coefficient (Wildman–Crippen LogP) is 1.16. The predicted molar refractivity (Wildman–Crippen MR) is 96.4 cm³/mol. The highest BCUT2D eigenvalue weighted by molar-refractivity contribution is 5.89. The summed E-state index contributed by atoms with van der Waals surface area (Å²) >= 11 is 0. The number of urea groups is 1. The average molecular weight is 383 g/mol. The summed E-state index contributed by atoms with van der Waals surface area (Å²) in [5, 5.41) is 4.89. The maximum absolute atomic E-state index is 13.9. The van der Waals surface area contributed by atoms with Gasteiger partial charge in [0.05, 0.1) is 17.9 Å². The van der Waals surface area contributed by atoms with Crippen LogP contribution in [0.5, 0.6) is 0 Å². The summed E-state index contributed by atoms with van der Waals surface area (Å²) in [4.78, 5) is 40.0. The Morgan fingerprint density at radius 3 is 2.11 bits per heavy atom. The highest BCUT2D eigenvalue weighted by Crippen LogP contribution is 2.23. The molecule has 1 aromatic carbocycles. The Hall–Kier alpha value is -2.91. The molecule has 4 amide bonds. The average Bonchev–Trinajstić information content (AvgIpc) is 2.61. The Morgan fingerprint density at radius 2 is 1.56 bits per heavy atom.